The van der Waals surface area contributed by atoms with E-state index in [9.17, 15) is 9.18 Å². The van der Waals surface area contributed by atoms with Crippen molar-refractivity contribution < 1.29 is 13.9 Å². The molecule has 0 heterocycles. The molecule has 0 bridgehead atoms. The molecular formula is C16H24FNO2. The number of ether oxygens (including phenoxy) is 1. The van der Waals surface area contributed by atoms with E-state index < -0.39 is 0 Å². The van der Waals surface area contributed by atoms with Crippen LogP contribution in [-0.2, 0) is 9.53 Å². The molecule has 0 aliphatic carbocycles. The Kier molecular flexibility index (Phi) is 6.65. The minimum atomic E-state index is -0.338. The van der Waals surface area contributed by atoms with Gasteiger partial charge in [0.05, 0.1) is 7.11 Å². The molecule has 0 amide bonds. The van der Waals surface area contributed by atoms with Crippen LogP contribution in [0.1, 0.15) is 44.7 Å². The first kappa shape index (κ1) is 16.6. The van der Waals surface area contributed by atoms with Gasteiger partial charge in [0.2, 0.25) is 0 Å². The van der Waals surface area contributed by atoms with E-state index in [0.717, 1.165) is 19.3 Å². The maximum atomic E-state index is 13.9. The summed E-state index contributed by atoms with van der Waals surface area (Å²) < 4.78 is 18.7. The normalized spacial score (nSPS) is 14.1. The summed E-state index contributed by atoms with van der Waals surface area (Å²) in [7, 11) is 3.23. The van der Waals surface area contributed by atoms with Crippen LogP contribution in [0, 0.1) is 5.82 Å². The number of benzene rings is 1. The first-order valence-corrected chi connectivity index (χ1v) is 7.07. The summed E-state index contributed by atoms with van der Waals surface area (Å²) in [4.78, 5) is 13.8. The van der Waals surface area contributed by atoms with Gasteiger partial charge in [-0.25, -0.2) is 4.39 Å². The van der Waals surface area contributed by atoms with Gasteiger partial charge in [-0.2, -0.15) is 0 Å². The second-order valence-electron chi connectivity index (χ2n) is 5.04. The molecule has 1 aromatic rings. The van der Waals surface area contributed by atoms with Crippen LogP contribution in [-0.4, -0.2) is 31.1 Å². The molecule has 0 saturated heterocycles. The quantitative estimate of drug-likeness (QED) is 0.716. The van der Waals surface area contributed by atoms with E-state index in [1.165, 1.54) is 13.2 Å². The highest BCUT2D eigenvalue weighted by molar-refractivity contribution is 5.75. The number of esters is 1. The predicted octanol–water partition coefficient (Wildman–Crippen LogP) is 3.55. The number of likely N-dealkylation sites (N-methyl/N-ethyl adjacent to an activating group) is 1. The molecule has 0 saturated carbocycles. The molecule has 20 heavy (non-hydrogen) atoms. The summed E-state index contributed by atoms with van der Waals surface area (Å²) in [5.41, 5.74) is 0.598. The Morgan fingerprint density at radius 2 is 2.05 bits per heavy atom. The fourth-order valence-corrected chi connectivity index (χ4v) is 2.32. The summed E-state index contributed by atoms with van der Waals surface area (Å²) in [5, 5.41) is 0. The van der Waals surface area contributed by atoms with Gasteiger partial charge in [-0.1, -0.05) is 38.0 Å². The molecule has 3 nitrogen and oxygen atoms in total. The number of hydrogen-bond donors (Lipinski definition) is 0. The maximum Gasteiger partial charge on any atom is 0.323 e. The highest BCUT2D eigenvalue weighted by atomic mass is 19.1. The molecule has 1 rings (SSSR count). The van der Waals surface area contributed by atoms with Gasteiger partial charge in [0, 0.05) is 11.6 Å². The average molecular weight is 281 g/mol. The lowest BCUT2D eigenvalue weighted by Gasteiger charge is -2.31. The molecule has 2 atom stereocenters. The van der Waals surface area contributed by atoms with Crippen LogP contribution in [0.3, 0.4) is 0 Å². The van der Waals surface area contributed by atoms with E-state index in [4.69, 9.17) is 4.74 Å². The number of hydrogen-bond acceptors (Lipinski definition) is 3. The van der Waals surface area contributed by atoms with Gasteiger partial charge in [0.25, 0.3) is 0 Å². The highest BCUT2D eigenvalue weighted by Crippen LogP contribution is 2.25. The molecule has 0 N–H and O–H groups in total. The van der Waals surface area contributed by atoms with Crippen molar-refractivity contribution in [3.8, 4) is 0 Å². The van der Waals surface area contributed by atoms with Crippen LogP contribution in [0.2, 0.25) is 0 Å². The van der Waals surface area contributed by atoms with Gasteiger partial charge in [0.15, 0.2) is 0 Å². The van der Waals surface area contributed by atoms with Crippen LogP contribution in [0.15, 0.2) is 24.3 Å². The van der Waals surface area contributed by atoms with Crippen LogP contribution in [0.5, 0.6) is 0 Å². The van der Waals surface area contributed by atoms with E-state index in [1.54, 1.807) is 12.1 Å². The van der Waals surface area contributed by atoms with Gasteiger partial charge in [-0.05, 0) is 26.5 Å². The number of halogens is 1. The van der Waals surface area contributed by atoms with E-state index in [2.05, 4.69) is 6.92 Å². The van der Waals surface area contributed by atoms with Crippen LogP contribution < -0.4 is 0 Å². The Balaban J connectivity index is 2.90. The Morgan fingerprint density at radius 3 is 2.60 bits per heavy atom. The molecule has 2 unspecified atom stereocenters. The minimum absolute atomic E-state index is 0.183. The van der Waals surface area contributed by atoms with E-state index >= 15 is 0 Å². The summed E-state index contributed by atoms with van der Waals surface area (Å²) in [6, 6.07) is 6.15. The fraction of sp³-hybridized carbons (Fsp3) is 0.562. The lowest BCUT2D eigenvalue weighted by atomic mass is 10.0. The van der Waals surface area contributed by atoms with Crippen LogP contribution in [0.25, 0.3) is 0 Å². The van der Waals surface area contributed by atoms with E-state index in [-0.39, 0.29) is 23.9 Å². The molecule has 1 aromatic carbocycles. The molecule has 0 aromatic heterocycles. The van der Waals surface area contributed by atoms with Gasteiger partial charge in [-0.15, -0.1) is 0 Å². The number of unbranched alkanes of at least 4 members (excludes halogenated alkanes) is 1. The molecule has 0 spiro atoms. The van der Waals surface area contributed by atoms with Crippen molar-refractivity contribution in [2.24, 2.45) is 0 Å². The van der Waals surface area contributed by atoms with Gasteiger partial charge >= 0.3 is 5.97 Å². The first-order valence-electron chi connectivity index (χ1n) is 7.07. The Bertz CT molecular complexity index is 436. The third-order valence-electron chi connectivity index (χ3n) is 3.76. The van der Waals surface area contributed by atoms with Crippen molar-refractivity contribution in [3.63, 3.8) is 0 Å². The number of nitrogens with zero attached hydrogens (tertiary/aromatic N) is 1. The van der Waals surface area contributed by atoms with E-state index in [0.29, 0.717) is 5.56 Å². The number of rotatable bonds is 7. The zero-order chi connectivity index (χ0) is 15.1. The Hall–Kier alpha value is -1.42. The highest BCUT2D eigenvalue weighted by Gasteiger charge is 2.28. The van der Waals surface area contributed by atoms with Gasteiger partial charge < -0.3 is 4.74 Å². The van der Waals surface area contributed by atoms with Crippen molar-refractivity contribution >= 4 is 5.97 Å². The summed E-state index contributed by atoms with van der Waals surface area (Å²) >= 11 is 0. The second kappa shape index (κ2) is 8.00. The molecule has 0 radical (unpaired) electrons. The molecule has 0 aliphatic rings. The molecule has 0 aliphatic heterocycles. The second-order valence-corrected chi connectivity index (χ2v) is 5.04. The third kappa shape index (κ3) is 4.04. The van der Waals surface area contributed by atoms with Crippen molar-refractivity contribution in [2.75, 3.05) is 14.2 Å². The van der Waals surface area contributed by atoms with Crippen LogP contribution in [0.4, 0.5) is 4.39 Å². The molecule has 112 valence electrons. The average Bonchev–Trinajstić information content (AvgIpc) is 2.46. The Labute approximate surface area is 120 Å². The van der Waals surface area contributed by atoms with Crippen molar-refractivity contribution in [1.82, 2.24) is 4.90 Å². The summed E-state index contributed by atoms with van der Waals surface area (Å²) in [5.74, 6) is -0.505. The van der Waals surface area contributed by atoms with Crippen molar-refractivity contribution in [2.45, 2.75) is 45.2 Å². The van der Waals surface area contributed by atoms with Gasteiger partial charge in [-0.3, -0.25) is 9.69 Å². The maximum absolute atomic E-state index is 13.9. The lowest BCUT2D eigenvalue weighted by molar-refractivity contribution is -0.147. The lowest BCUT2D eigenvalue weighted by Crippen LogP contribution is -2.41. The van der Waals surface area contributed by atoms with Crippen molar-refractivity contribution in [3.05, 3.63) is 35.6 Å². The standard InChI is InChI=1S/C16H24FNO2/c1-5-6-11-15(16(19)20-4)18(3)12(2)13-9-7-8-10-14(13)17/h7-10,12,15H,5-6,11H2,1-4H3. The monoisotopic (exact) mass is 281 g/mol. The smallest absolute Gasteiger partial charge is 0.323 e. The van der Waals surface area contributed by atoms with E-state index in [1.807, 2.05) is 24.9 Å². The Morgan fingerprint density at radius 1 is 1.40 bits per heavy atom. The van der Waals surface area contributed by atoms with Gasteiger partial charge in [0.1, 0.15) is 11.9 Å². The zero-order valence-electron chi connectivity index (χ0n) is 12.7. The number of methoxy groups -OCH3 is 1. The SMILES string of the molecule is CCCCC(C(=O)OC)N(C)C(C)c1ccccc1F. The molecular weight excluding hydrogens is 257 g/mol. The summed E-state index contributed by atoms with van der Waals surface area (Å²) in [6.07, 6.45) is 2.67. The van der Waals surface area contributed by atoms with Crippen molar-refractivity contribution in [1.29, 1.82) is 0 Å². The third-order valence-corrected chi connectivity index (χ3v) is 3.76. The summed E-state index contributed by atoms with van der Waals surface area (Å²) in [6.45, 7) is 3.98. The molecule has 4 heteroatoms. The topological polar surface area (TPSA) is 29.5 Å². The minimum Gasteiger partial charge on any atom is -0.468 e. The first-order chi connectivity index (χ1) is 9.52. The largest absolute Gasteiger partial charge is 0.468 e. The molecule has 0 fully saturated rings. The number of carbonyl (C=O) groups excluding carboxylic acids is 1. The fourth-order valence-electron chi connectivity index (χ4n) is 2.32. The zero-order valence-corrected chi connectivity index (χ0v) is 12.7. The number of carbonyl (C=O) groups is 1. The van der Waals surface area contributed by atoms with Crippen LogP contribution >= 0.6 is 0 Å². The predicted molar refractivity (Wildman–Crippen MR) is 77.9 cm³/mol.